The molecule has 2 aliphatic rings. The minimum atomic E-state index is -0.685. The van der Waals surface area contributed by atoms with Gasteiger partial charge in [-0.2, -0.15) is 0 Å². The van der Waals surface area contributed by atoms with Gasteiger partial charge >= 0.3 is 0 Å². The third-order valence-corrected chi connectivity index (χ3v) is 8.99. The Labute approximate surface area is 148 Å². The van der Waals surface area contributed by atoms with E-state index in [0.717, 1.165) is 29.7 Å². The molecule has 1 aromatic rings. The van der Waals surface area contributed by atoms with E-state index in [1.165, 1.54) is 51.4 Å². The number of rotatable bonds is 4. The number of aryl methyl sites for hydroxylation is 1. The van der Waals surface area contributed by atoms with E-state index >= 15 is 0 Å². The third kappa shape index (κ3) is 4.28. The van der Waals surface area contributed by atoms with E-state index in [9.17, 15) is 8.78 Å². The first-order valence-corrected chi connectivity index (χ1v) is 11.7. The number of hydrogen-bond donors (Lipinski definition) is 0. The van der Waals surface area contributed by atoms with Gasteiger partial charge in [0.1, 0.15) is 0 Å². The predicted molar refractivity (Wildman–Crippen MR) is 101 cm³/mol. The Morgan fingerprint density at radius 1 is 0.875 bits per heavy atom. The van der Waals surface area contributed by atoms with Gasteiger partial charge in [-0.1, -0.05) is 50.8 Å². The van der Waals surface area contributed by atoms with Gasteiger partial charge in [0.05, 0.1) is 9.52 Å². The topological polar surface area (TPSA) is 0 Å². The Morgan fingerprint density at radius 2 is 1.46 bits per heavy atom. The second-order valence-corrected chi connectivity index (χ2v) is 10.3. The highest BCUT2D eigenvalue weighted by atomic mass is 28.2. The van der Waals surface area contributed by atoms with Crippen LogP contribution in [0.5, 0.6) is 0 Å². The summed E-state index contributed by atoms with van der Waals surface area (Å²) < 4.78 is 27.7. The van der Waals surface area contributed by atoms with Crippen LogP contribution in [0.2, 0.25) is 6.04 Å². The predicted octanol–water partition coefficient (Wildman–Crippen LogP) is 5.12. The maximum absolute atomic E-state index is 14.0. The Bertz CT molecular complexity index is 541. The highest BCUT2D eigenvalue weighted by Gasteiger charge is 2.29. The van der Waals surface area contributed by atoms with E-state index < -0.39 is 21.2 Å². The normalized spacial score (nSPS) is 31.7. The van der Waals surface area contributed by atoms with Crippen LogP contribution >= 0.6 is 0 Å². The molecular formula is C21H32F2Si. The first kappa shape index (κ1) is 18.1. The van der Waals surface area contributed by atoms with Crippen molar-refractivity contribution in [3.8, 4) is 0 Å². The van der Waals surface area contributed by atoms with E-state index in [1.807, 2.05) is 6.07 Å². The fraction of sp³-hybridized carbons (Fsp3) is 0.714. The van der Waals surface area contributed by atoms with Crippen LogP contribution in [-0.4, -0.2) is 9.52 Å². The number of hydrogen-bond acceptors (Lipinski definition) is 0. The van der Waals surface area contributed by atoms with Gasteiger partial charge in [-0.3, -0.25) is 0 Å². The molecule has 3 rings (SSSR count). The van der Waals surface area contributed by atoms with Crippen molar-refractivity contribution in [2.24, 2.45) is 23.7 Å². The molecule has 24 heavy (non-hydrogen) atoms. The van der Waals surface area contributed by atoms with Crippen LogP contribution in [0.4, 0.5) is 8.78 Å². The zero-order valence-electron chi connectivity index (χ0n) is 15.3. The molecule has 0 unspecified atom stereocenters. The fourth-order valence-electron chi connectivity index (χ4n) is 4.94. The summed E-state index contributed by atoms with van der Waals surface area (Å²) in [4.78, 5) is 0. The highest BCUT2D eigenvalue weighted by Crippen LogP contribution is 2.41. The Hall–Kier alpha value is -0.703. The lowest BCUT2D eigenvalue weighted by Crippen LogP contribution is -2.27. The average molecular weight is 351 g/mol. The average Bonchev–Trinajstić information content (AvgIpc) is 2.60. The van der Waals surface area contributed by atoms with Gasteiger partial charge in [-0.15, -0.1) is 0 Å². The van der Waals surface area contributed by atoms with Crippen molar-refractivity contribution < 1.29 is 8.78 Å². The smallest absolute Gasteiger partial charge is 0.161 e. The molecule has 0 radical (unpaired) electrons. The Kier molecular flexibility index (Phi) is 6.12. The molecule has 0 saturated heterocycles. The van der Waals surface area contributed by atoms with Crippen molar-refractivity contribution in [2.75, 3.05) is 0 Å². The van der Waals surface area contributed by atoms with Crippen molar-refractivity contribution in [1.29, 1.82) is 0 Å². The zero-order valence-corrected chi connectivity index (χ0v) is 16.7. The van der Waals surface area contributed by atoms with E-state index in [0.29, 0.717) is 10.8 Å². The molecule has 0 bridgehead atoms. The van der Waals surface area contributed by atoms with Gasteiger partial charge < -0.3 is 0 Å². The third-order valence-electron chi connectivity index (χ3n) is 6.80. The van der Waals surface area contributed by atoms with Crippen LogP contribution in [0.1, 0.15) is 63.9 Å². The molecule has 0 aromatic heterocycles. The molecule has 2 aliphatic carbocycles. The van der Waals surface area contributed by atoms with Gasteiger partial charge in [0.15, 0.2) is 11.6 Å². The van der Waals surface area contributed by atoms with E-state index in [-0.39, 0.29) is 0 Å². The van der Waals surface area contributed by atoms with Crippen molar-refractivity contribution in [3.63, 3.8) is 0 Å². The summed E-state index contributed by atoms with van der Waals surface area (Å²) in [6.07, 6.45) is 11.1. The van der Waals surface area contributed by atoms with Crippen molar-refractivity contribution in [1.82, 2.24) is 0 Å². The van der Waals surface area contributed by atoms with Crippen LogP contribution in [0.15, 0.2) is 12.1 Å². The van der Waals surface area contributed by atoms with Crippen LogP contribution in [0, 0.1) is 42.2 Å². The molecule has 0 N–H and O–H groups in total. The van der Waals surface area contributed by atoms with Gasteiger partial charge in [0.2, 0.25) is 0 Å². The van der Waals surface area contributed by atoms with Crippen molar-refractivity contribution >= 4 is 14.7 Å². The molecule has 134 valence electrons. The highest BCUT2D eigenvalue weighted by molar-refractivity contribution is 6.53. The molecule has 3 heteroatoms. The Morgan fingerprint density at radius 3 is 2.08 bits per heavy atom. The molecular weight excluding hydrogens is 318 g/mol. The van der Waals surface area contributed by atoms with Crippen molar-refractivity contribution in [2.45, 2.75) is 71.3 Å². The molecule has 0 aliphatic heterocycles. The standard InChI is InChI=1S/C21H32F2Si/c1-14-3-8-17(9-4-14)18-10-6-16(7-11-18)13-24-19-12-5-15(2)20(22)21(19)23/h5,12,14,16-18H,3-4,6-11,13,24H2,1-2H3. The minimum Gasteiger partial charge on any atom is -0.204 e. The molecule has 0 nitrogen and oxygen atoms in total. The summed E-state index contributed by atoms with van der Waals surface area (Å²) in [6, 6.07) is 4.71. The maximum atomic E-state index is 14.0. The monoisotopic (exact) mass is 350 g/mol. The number of benzene rings is 1. The molecule has 1 aromatic carbocycles. The zero-order chi connectivity index (χ0) is 17.1. The minimum absolute atomic E-state index is 0.424. The Balaban J connectivity index is 1.45. The summed E-state index contributed by atoms with van der Waals surface area (Å²) in [5, 5.41) is 0.696. The molecule has 2 saturated carbocycles. The first-order valence-electron chi connectivity index (χ1n) is 9.98. The SMILES string of the molecule is Cc1ccc([SiH2]CC2CCC(C3CCC(C)CC3)CC2)c(F)c1F. The summed E-state index contributed by atoms with van der Waals surface area (Å²) in [5.74, 6) is 2.43. The summed E-state index contributed by atoms with van der Waals surface area (Å²) in [6.45, 7) is 4.03. The van der Waals surface area contributed by atoms with E-state index in [1.54, 1.807) is 13.0 Å². The molecule has 0 atom stereocenters. The second kappa shape index (κ2) is 8.12. The molecule has 0 spiro atoms. The summed E-state index contributed by atoms with van der Waals surface area (Å²) >= 11 is 0. The van der Waals surface area contributed by atoms with Crippen LogP contribution in [-0.2, 0) is 0 Å². The van der Waals surface area contributed by atoms with Gasteiger partial charge in [-0.05, 0) is 67.0 Å². The van der Waals surface area contributed by atoms with Crippen LogP contribution in [0.25, 0.3) is 0 Å². The van der Waals surface area contributed by atoms with Gasteiger partial charge in [-0.25, -0.2) is 8.78 Å². The lowest BCUT2D eigenvalue weighted by atomic mass is 9.70. The largest absolute Gasteiger partial charge is 0.204 e. The van der Waals surface area contributed by atoms with E-state index in [2.05, 4.69) is 6.92 Å². The first-order chi connectivity index (χ1) is 11.5. The molecule has 0 heterocycles. The molecule has 0 amide bonds. The summed E-state index contributed by atoms with van der Waals surface area (Å²) in [5.41, 5.74) is 0.424. The van der Waals surface area contributed by atoms with E-state index in [4.69, 9.17) is 0 Å². The molecule has 2 fully saturated rings. The lowest BCUT2D eigenvalue weighted by molar-refractivity contribution is 0.155. The quantitative estimate of drug-likeness (QED) is 0.661. The second-order valence-electron chi connectivity index (χ2n) is 8.51. The fourth-order valence-corrected chi connectivity index (χ4v) is 6.90. The van der Waals surface area contributed by atoms with Crippen LogP contribution < -0.4 is 5.19 Å². The van der Waals surface area contributed by atoms with Gasteiger partial charge in [0, 0.05) is 0 Å². The van der Waals surface area contributed by atoms with Crippen LogP contribution in [0.3, 0.4) is 0 Å². The van der Waals surface area contributed by atoms with Crippen molar-refractivity contribution in [3.05, 3.63) is 29.3 Å². The summed E-state index contributed by atoms with van der Waals surface area (Å²) in [7, 11) is -0.685. The van der Waals surface area contributed by atoms with Gasteiger partial charge in [0.25, 0.3) is 0 Å². The number of halogens is 2. The maximum Gasteiger partial charge on any atom is 0.161 e. The lowest BCUT2D eigenvalue weighted by Gasteiger charge is -2.37.